The number of phenols is 1. The van der Waals surface area contributed by atoms with Gasteiger partial charge in [-0.05, 0) is 42.2 Å². The van der Waals surface area contributed by atoms with Crippen molar-refractivity contribution in [2.45, 2.75) is 53.1 Å². The maximum atomic E-state index is 13.5. The van der Waals surface area contributed by atoms with Crippen molar-refractivity contribution < 1.29 is 24.2 Å². The number of fused-ring (bicyclic) bond motifs is 1. The summed E-state index contributed by atoms with van der Waals surface area (Å²) in [5.41, 5.74) is 2.84. The van der Waals surface area contributed by atoms with Crippen LogP contribution >= 0.6 is 0 Å². The predicted molar refractivity (Wildman–Crippen MR) is 142 cm³/mol. The average molecular weight is 509 g/mol. The normalized spacial score (nSPS) is 12.8. The SMILES string of the molecule is CCOc1cc2c(cc1C(=O)NC)CN(CC(=O)c1cc(CN(C)C(C)=O)c(O)c(C(C)(C)C)c1)C2=N. The zero-order valence-corrected chi connectivity index (χ0v) is 22.6. The molecule has 1 aliphatic rings. The van der Waals surface area contributed by atoms with Crippen molar-refractivity contribution >= 4 is 23.4 Å². The van der Waals surface area contributed by atoms with E-state index in [4.69, 9.17) is 10.1 Å². The lowest BCUT2D eigenvalue weighted by atomic mass is 9.83. The van der Waals surface area contributed by atoms with Gasteiger partial charge in [-0.25, -0.2) is 0 Å². The second-order valence-corrected chi connectivity index (χ2v) is 10.3. The molecule has 0 spiro atoms. The van der Waals surface area contributed by atoms with E-state index in [1.165, 1.54) is 11.8 Å². The van der Waals surface area contributed by atoms with Crippen LogP contribution in [0.5, 0.6) is 11.5 Å². The molecule has 37 heavy (non-hydrogen) atoms. The molecule has 0 unspecified atom stereocenters. The third kappa shape index (κ3) is 5.76. The summed E-state index contributed by atoms with van der Waals surface area (Å²) in [7, 11) is 3.18. The highest BCUT2D eigenvalue weighted by atomic mass is 16.5. The number of nitrogens with zero attached hydrogens (tertiary/aromatic N) is 2. The van der Waals surface area contributed by atoms with E-state index in [0.29, 0.717) is 46.7 Å². The third-order valence-electron chi connectivity index (χ3n) is 6.51. The van der Waals surface area contributed by atoms with Crippen LogP contribution < -0.4 is 10.1 Å². The molecule has 9 nitrogen and oxygen atoms in total. The Balaban J connectivity index is 1.93. The Labute approximate surface area is 217 Å². The monoisotopic (exact) mass is 508 g/mol. The Morgan fingerprint density at radius 2 is 1.86 bits per heavy atom. The number of rotatable bonds is 8. The Hall–Kier alpha value is -3.88. The van der Waals surface area contributed by atoms with Crippen molar-refractivity contribution in [3.05, 3.63) is 57.6 Å². The summed E-state index contributed by atoms with van der Waals surface area (Å²) in [4.78, 5) is 40.8. The van der Waals surface area contributed by atoms with Gasteiger partial charge in [0.2, 0.25) is 5.91 Å². The fraction of sp³-hybridized carbons (Fsp3) is 0.429. The maximum absolute atomic E-state index is 13.5. The molecular weight excluding hydrogens is 472 g/mol. The van der Waals surface area contributed by atoms with E-state index in [-0.39, 0.29) is 42.3 Å². The van der Waals surface area contributed by atoms with Gasteiger partial charge in [0, 0.05) is 56.4 Å². The van der Waals surface area contributed by atoms with E-state index >= 15 is 0 Å². The Morgan fingerprint density at radius 3 is 2.43 bits per heavy atom. The van der Waals surface area contributed by atoms with Gasteiger partial charge in [0.15, 0.2) is 5.78 Å². The van der Waals surface area contributed by atoms with Crippen LogP contribution in [0.1, 0.15) is 77.6 Å². The number of ketones is 1. The van der Waals surface area contributed by atoms with Crippen molar-refractivity contribution in [1.82, 2.24) is 15.1 Å². The molecule has 1 aliphatic heterocycles. The smallest absolute Gasteiger partial charge is 0.254 e. The van der Waals surface area contributed by atoms with Crippen molar-refractivity contribution in [2.24, 2.45) is 0 Å². The highest BCUT2D eigenvalue weighted by Crippen LogP contribution is 2.36. The molecule has 2 aromatic rings. The van der Waals surface area contributed by atoms with Crippen molar-refractivity contribution in [1.29, 1.82) is 5.41 Å². The second kappa shape index (κ2) is 10.6. The first-order chi connectivity index (χ1) is 17.3. The molecule has 0 bridgehead atoms. The number of benzene rings is 2. The fourth-order valence-corrected chi connectivity index (χ4v) is 4.33. The molecule has 1 heterocycles. The lowest BCUT2D eigenvalue weighted by Crippen LogP contribution is -2.30. The van der Waals surface area contributed by atoms with Gasteiger partial charge in [0.25, 0.3) is 5.91 Å². The van der Waals surface area contributed by atoms with Gasteiger partial charge >= 0.3 is 0 Å². The quantitative estimate of drug-likeness (QED) is 0.470. The van der Waals surface area contributed by atoms with Crippen LogP contribution in [-0.4, -0.2) is 65.6 Å². The Kier molecular flexibility index (Phi) is 7.95. The van der Waals surface area contributed by atoms with E-state index in [2.05, 4.69) is 5.32 Å². The number of carbonyl (C=O) groups excluding carboxylic acids is 3. The van der Waals surface area contributed by atoms with Crippen LogP contribution in [0.3, 0.4) is 0 Å². The summed E-state index contributed by atoms with van der Waals surface area (Å²) in [5.74, 6) is -0.00587. The van der Waals surface area contributed by atoms with Crippen molar-refractivity contribution in [3.63, 3.8) is 0 Å². The van der Waals surface area contributed by atoms with E-state index in [1.54, 1.807) is 43.3 Å². The number of Topliss-reactive ketones (excluding diaryl/α,β-unsaturated/α-hetero) is 1. The van der Waals surface area contributed by atoms with Gasteiger partial charge in [-0.3, -0.25) is 19.8 Å². The molecule has 2 aromatic carbocycles. The standard InChI is InChI=1S/C28H36N4O5/c1-8-37-24-12-20-18(10-21(24)27(36)30-6)14-32(26(20)29)15-23(34)17-9-19(13-31(7)16(2)33)25(35)22(11-17)28(3,4)5/h9-12,29,35H,8,13-15H2,1-7H3,(H,30,36). The minimum absolute atomic E-state index is 0.0524. The topological polar surface area (TPSA) is 123 Å². The minimum atomic E-state index is -0.438. The first-order valence-corrected chi connectivity index (χ1v) is 12.2. The number of aromatic hydroxyl groups is 1. The van der Waals surface area contributed by atoms with Crippen LogP contribution in [-0.2, 0) is 23.3 Å². The number of hydrogen-bond donors (Lipinski definition) is 3. The maximum Gasteiger partial charge on any atom is 0.254 e. The van der Waals surface area contributed by atoms with E-state index in [1.807, 2.05) is 27.7 Å². The van der Waals surface area contributed by atoms with Gasteiger partial charge in [-0.1, -0.05) is 20.8 Å². The molecule has 9 heteroatoms. The number of amidine groups is 1. The van der Waals surface area contributed by atoms with E-state index < -0.39 is 5.41 Å². The summed E-state index contributed by atoms with van der Waals surface area (Å²) in [6.45, 7) is 9.90. The fourth-order valence-electron chi connectivity index (χ4n) is 4.33. The summed E-state index contributed by atoms with van der Waals surface area (Å²) in [6, 6.07) is 6.71. The first kappa shape index (κ1) is 27.7. The Bertz CT molecular complexity index is 1260. The molecule has 198 valence electrons. The summed E-state index contributed by atoms with van der Waals surface area (Å²) in [6.07, 6.45) is 0. The van der Waals surface area contributed by atoms with Crippen LogP contribution in [0.15, 0.2) is 24.3 Å². The molecule has 0 saturated heterocycles. The third-order valence-corrected chi connectivity index (χ3v) is 6.51. The number of amides is 2. The number of nitrogens with one attached hydrogen (secondary N) is 2. The van der Waals surface area contributed by atoms with E-state index in [0.717, 1.165) is 5.56 Å². The first-order valence-electron chi connectivity index (χ1n) is 12.2. The highest BCUT2D eigenvalue weighted by molar-refractivity contribution is 6.07. The van der Waals surface area contributed by atoms with Crippen molar-refractivity contribution in [2.75, 3.05) is 27.2 Å². The molecule has 0 saturated carbocycles. The van der Waals surface area contributed by atoms with Gasteiger partial charge in [0.1, 0.15) is 17.3 Å². The van der Waals surface area contributed by atoms with Gasteiger partial charge in [-0.15, -0.1) is 0 Å². The number of phenolic OH excluding ortho intramolecular Hbond substituents is 1. The molecule has 3 N–H and O–H groups in total. The molecule has 0 aromatic heterocycles. The molecule has 0 fully saturated rings. The van der Waals surface area contributed by atoms with Crippen LogP contribution in [0.25, 0.3) is 0 Å². The Morgan fingerprint density at radius 1 is 1.19 bits per heavy atom. The second-order valence-electron chi connectivity index (χ2n) is 10.3. The van der Waals surface area contributed by atoms with E-state index in [9.17, 15) is 19.5 Å². The van der Waals surface area contributed by atoms with Crippen LogP contribution in [0.2, 0.25) is 0 Å². The molecule has 0 aliphatic carbocycles. The zero-order chi connectivity index (χ0) is 27.7. The predicted octanol–water partition coefficient (Wildman–Crippen LogP) is 3.45. The minimum Gasteiger partial charge on any atom is -0.507 e. The molecule has 3 rings (SSSR count). The molecule has 0 radical (unpaired) electrons. The number of carbonyl (C=O) groups is 3. The average Bonchev–Trinajstić information content (AvgIpc) is 3.12. The largest absolute Gasteiger partial charge is 0.507 e. The van der Waals surface area contributed by atoms with Crippen LogP contribution in [0, 0.1) is 5.41 Å². The molecule has 2 amide bonds. The molecule has 0 atom stereocenters. The van der Waals surface area contributed by atoms with Gasteiger partial charge in [0.05, 0.1) is 18.7 Å². The summed E-state index contributed by atoms with van der Waals surface area (Å²) in [5, 5.41) is 22.2. The summed E-state index contributed by atoms with van der Waals surface area (Å²) >= 11 is 0. The number of hydrogen-bond acceptors (Lipinski definition) is 6. The highest BCUT2D eigenvalue weighted by Gasteiger charge is 2.30. The lowest BCUT2D eigenvalue weighted by Gasteiger charge is -2.25. The van der Waals surface area contributed by atoms with Crippen LogP contribution in [0.4, 0.5) is 0 Å². The zero-order valence-electron chi connectivity index (χ0n) is 22.6. The molecular formula is C28H36N4O5. The van der Waals surface area contributed by atoms with Gasteiger partial charge < -0.3 is 25.0 Å². The lowest BCUT2D eigenvalue weighted by molar-refractivity contribution is -0.128. The van der Waals surface area contributed by atoms with Gasteiger partial charge in [-0.2, -0.15) is 0 Å². The number of ether oxygens (including phenoxy) is 1. The van der Waals surface area contributed by atoms with Crippen molar-refractivity contribution in [3.8, 4) is 11.5 Å². The summed E-state index contributed by atoms with van der Waals surface area (Å²) < 4.78 is 5.64.